The van der Waals surface area contributed by atoms with E-state index in [1.54, 1.807) is 0 Å². The summed E-state index contributed by atoms with van der Waals surface area (Å²) in [5.74, 6) is 0. The van der Waals surface area contributed by atoms with Crippen molar-refractivity contribution in [2.75, 3.05) is 5.32 Å². The van der Waals surface area contributed by atoms with Crippen molar-refractivity contribution in [3.8, 4) is 0 Å². The minimum Gasteiger partial charge on any atom is -0.465 e. The molecule has 1 amide bonds. The predicted octanol–water partition coefficient (Wildman–Crippen LogP) is 2.25. The Morgan fingerprint density at radius 1 is 1.00 bits per heavy atom. The van der Waals surface area contributed by atoms with E-state index in [0.717, 1.165) is 5.56 Å². The SMILES string of the molecule is O=C(O)Nc1ccc(S(=O)(=O)NCc2ccccc2)cc1. The number of carbonyl (C=O) groups is 1. The molecule has 7 heteroatoms. The lowest BCUT2D eigenvalue weighted by Crippen LogP contribution is -2.23. The maximum Gasteiger partial charge on any atom is 0.409 e. The second-order valence-electron chi connectivity index (χ2n) is 4.26. The maximum absolute atomic E-state index is 12.1. The zero-order valence-corrected chi connectivity index (χ0v) is 11.8. The van der Waals surface area contributed by atoms with Gasteiger partial charge in [-0.3, -0.25) is 5.32 Å². The van der Waals surface area contributed by atoms with Crippen molar-refractivity contribution in [3.05, 3.63) is 60.2 Å². The lowest BCUT2D eigenvalue weighted by molar-refractivity contribution is 0.209. The molecule has 3 N–H and O–H groups in total. The molecule has 2 rings (SSSR count). The molecule has 0 saturated carbocycles. The highest BCUT2D eigenvalue weighted by atomic mass is 32.2. The molecule has 6 nitrogen and oxygen atoms in total. The molecule has 0 aliphatic carbocycles. The summed E-state index contributed by atoms with van der Waals surface area (Å²) in [7, 11) is -3.63. The van der Waals surface area contributed by atoms with Gasteiger partial charge < -0.3 is 5.11 Å². The molecule has 0 aliphatic rings. The number of hydrogen-bond acceptors (Lipinski definition) is 3. The Bertz CT molecular complexity index is 712. The van der Waals surface area contributed by atoms with Gasteiger partial charge in [-0.25, -0.2) is 17.9 Å². The Morgan fingerprint density at radius 2 is 1.62 bits per heavy atom. The molecule has 0 saturated heterocycles. The van der Waals surface area contributed by atoms with Crippen molar-refractivity contribution in [2.45, 2.75) is 11.4 Å². The minimum atomic E-state index is -3.63. The molecule has 0 aliphatic heterocycles. The molecule has 0 bridgehead atoms. The van der Waals surface area contributed by atoms with Crippen molar-refractivity contribution >= 4 is 21.8 Å². The van der Waals surface area contributed by atoms with Crippen LogP contribution in [0.4, 0.5) is 10.5 Å². The van der Waals surface area contributed by atoms with Gasteiger partial charge in [-0.15, -0.1) is 0 Å². The quantitative estimate of drug-likeness (QED) is 0.789. The van der Waals surface area contributed by atoms with E-state index in [2.05, 4.69) is 10.0 Å². The van der Waals surface area contributed by atoms with E-state index < -0.39 is 16.1 Å². The van der Waals surface area contributed by atoms with Gasteiger partial charge >= 0.3 is 6.09 Å². The monoisotopic (exact) mass is 306 g/mol. The molecule has 2 aromatic carbocycles. The van der Waals surface area contributed by atoms with Gasteiger partial charge in [-0.05, 0) is 29.8 Å². The molecule has 0 heterocycles. The lowest BCUT2D eigenvalue weighted by Gasteiger charge is -2.08. The Kier molecular flexibility index (Phi) is 4.56. The fraction of sp³-hybridized carbons (Fsp3) is 0.0714. The summed E-state index contributed by atoms with van der Waals surface area (Å²) in [6, 6.07) is 14.6. The van der Waals surface area contributed by atoms with Gasteiger partial charge in [-0.2, -0.15) is 0 Å². The first-order chi connectivity index (χ1) is 9.97. The van der Waals surface area contributed by atoms with Gasteiger partial charge in [-0.1, -0.05) is 30.3 Å². The Morgan fingerprint density at radius 3 is 2.19 bits per heavy atom. The number of benzene rings is 2. The van der Waals surface area contributed by atoms with Crippen molar-refractivity contribution in [1.29, 1.82) is 0 Å². The Balaban J connectivity index is 2.07. The van der Waals surface area contributed by atoms with E-state index in [4.69, 9.17) is 5.11 Å². The van der Waals surface area contributed by atoms with Crippen LogP contribution >= 0.6 is 0 Å². The van der Waals surface area contributed by atoms with Crippen LogP contribution in [0.5, 0.6) is 0 Å². The number of carboxylic acid groups (broad SMARTS) is 1. The van der Waals surface area contributed by atoms with Crippen LogP contribution in [0.1, 0.15) is 5.56 Å². The highest BCUT2D eigenvalue weighted by molar-refractivity contribution is 7.89. The van der Waals surface area contributed by atoms with Gasteiger partial charge in [0.05, 0.1) is 4.90 Å². The van der Waals surface area contributed by atoms with Gasteiger partial charge in [0.1, 0.15) is 0 Å². The van der Waals surface area contributed by atoms with E-state index in [0.29, 0.717) is 5.69 Å². The van der Waals surface area contributed by atoms with Crippen LogP contribution in [0.2, 0.25) is 0 Å². The van der Waals surface area contributed by atoms with Crippen LogP contribution in [0, 0.1) is 0 Å². The second-order valence-corrected chi connectivity index (χ2v) is 6.03. The predicted molar refractivity (Wildman–Crippen MR) is 78.6 cm³/mol. The number of sulfonamides is 1. The number of anilines is 1. The summed E-state index contributed by atoms with van der Waals surface area (Å²) in [6.45, 7) is 0.193. The molecular formula is C14H14N2O4S. The van der Waals surface area contributed by atoms with Crippen molar-refractivity contribution in [1.82, 2.24) is 4.72 Å². The van der Waals surface area contributed by atoms with Crippen molar-refractivity contribution in [3.63, 3.8) is 0 Å². The largest absolute Gasteiger partial charge is 0.465 e. The van der Waals surface area contributed by atoms with Crippen LogP contribution in [0.3, 0.4) is 0 Å². The van der Waals surface area contributed by atoms with Gasteiger partial charge in [0.25, 0.3) is 0 Å². The number of rotatable bonds is 5. The molecule has 0 aromatic heterocycles. The molecule has 110 valence electrons. The molecule has 0 atom stereocenters. The minimum absolute atomic E-state index is 0.0781. The first kappa shape index (κ1) is 15.0. The second kappa shape index (κ2) is 6.38. The summed E-state index contributed by atoms with van der Waals surface area (Å²) in [6.07, 6.45) is -1.20. The summed E-state index contributed by atoms with van der Waals surface area (Å²) in [4.78, 5) is 10.5. The smallest absolute Gasteiger partial charge is 0.409 e. The number of hydrogen-bond donors (Lipinski definition) is 3. The summed E-state index contributed by atoms with van der Waals surface area (Å²) >= 11 is 0. The molecule has 2 aromatic rings. The number of nitrogens with one attached hydrogen (secondary N) is 2. The lowest BCUT2D eigenvalue weighted by atomic mass is 10.2. The van der Waals surface area contributed by atoms with Gasteiger partial charge in [0, 0.05) is 12.2 Å². The maximum atomic E-state index is 12.1. The first-order valence-corrected chi connectivity index (χ1v) is 7.59. The average Bonchev–Trinajstić information content (AvgIpc) is 2.46. The third kappa shape index (κ3) is 4.30. The standard InChI is InChI=1S/C14H14N2O4S/c17-14(18)16-12-6-8-13(9-7-12)21(19,20)15-10-11-4-2-1-3-5-11/h1-9,15-16H,10H2,(H,17,18). The fourth-order valence-electron chi connectivity index (χ4n) is 1.70. The zero-order chi connectivity index (χ0) is 15.3. The zero-order valence-electron chi connectivity index (χ0n) is 11.0. The summed E-state index contributed by atoms with van der Waals surface area (Å²) in [5, 5.41) is 10.7. The van der Waals surface area contributed by atoms with Gasteiger partial charge in [0.2, 0.25) is 10.0 Å². The van der Waals surface area contributed by atoms with Crippen LogP contribution < -0.4 is 10.0 Å². The number of amides is 1. The third-order valence-corrected chi connectivity index (χ3v) is 4.14. The van der Waals surface area contributed by atoms with Crippen LogP contribution in [-0.4, -0.2) is 19.6 Å². The Labute approximate surface area is 122 Å². The van der Waals surface area contributed by atoms with Gasteiger partial charge in [0.15, 0.2) is 0 Å². The van der Waals surface area contributed by atoms with E-state index in [9.17, 15) is 13.2 Å². The molecule has 21 heavy (non-hydrogen) atoms. The third-order valence-electron chi connectivity index (χ3n) is 2.73. The van der Waals surface area contributed by atoms with Crippen molar-refractivity contribution < 1.29 is 18.3 Å². The summed E-state index contributed by atoms with van der Waals surface area (Å²) in [5.41, 5.74) is 1.16. The van der Waals surface area contributed by atoms with E-state index in [-0.39, 0.29) is 11.4 Å². The van der Waals surface area contributed by atoms with Crippen LogP contribution in [-0.2, 0) is 16.6 Å². The normalized spacial score (nSPS) is 11.0. The molecule has 0 spiro atoms. The highest BCUT2D eigenvalue weighted by Gasteiger charge is 2.13. The highest BCUT2D eigenvalue weighted by Crippen LogP contribution is 2.14. The molecule has 0 unspecified atom stereocenters. The van der Waals surface area contributed by atoms with E-state index in [1.807, 2.05) is 30.3 Å². The molecule has 0 fully saturated rings. The average molecular weight is 306 g/mol. The van der Waals surface area contributed by atoms with Crippen molar-refractivity contribution in [2.24, 2.45) is 0 Å². The fourth-order valence-corrected chi connectivity index (χ4v) is 2.72. The molecule has 0 radical (unpaired) electrons. The van der Waals surface area contributed by atoms with Crippen LogP contribution in [0.15, 0.2) is 59.5 Å². The summed E-state index contributed by atoms with van der Waals surface area (Å²) < 4.78 is 26.7. The van der Waals surface area contributed by atoms with E-state index >= 15 is 0 Å². The first-order valence-electron chi connectivity index (χ1n) is 6.11. The Hall–Kier alpha value is -2.38. The molecular weight excluding hydrogens is 292 g/mol. The topological polar surface area (TPSA) is 95.5 Å². The van der Waals surface area contributed by atoms with E-state index in [1.165, 1.54) is 24.3 Å². The van der Waals surface area contributed by atoms with Crippen LogP contribution in [0.25, 0.3) is 0 Å².